The first kappa shape index (κ1) is 18.4. The van der Waals surface area contributed by atoms with Crippen LogP contribution in [0.3, 0.4) is 0 Å². The van der Waals surface area contributed by atoms with Crippen molar-refractivity contribution >= 4 is 11.9 Å². The molecule has 1 saturated heterocycles. The molecule has 24 heavy (non-hydrogen) atoms. The van der Waals surface area contributed by atoms with Gasteiger partial charge in [0, 0.05) is 32.4 Å². The average Bonchev–Trinajstić information content (AvgIpc) is 3.15. The zero-order valence-corrected chi connectivity index (χ0v) is 14.7. The third-order valence-electron chi connectivity index (χ3n) is 4.95. The zero-order valence-electron chi connectivity index (χ0n) is 14.7. The van der Waals surface area contributed by atoms with Crippen LogP contribution in [0.2, 0.25) is 0 Å². The van der Waals surface area contributed by atoms with Crippen molar-refractivity contribution in [2.45, 2.75) is 59.3 Å². The van der Waals surface area contributed by atoms with E-state index in [9.17, 15) is 14.7 Å². The van der Waals surface area contributed by atoms with Crippen molar-refractivity contribution in [2.75, 3.05) is 13.1 Å². The number of amides is 1. The highest BCUT2D eigenvalue weighted by Gasteiger charge is 2.48. The number of nitrogens with zero attached hydrogens (tertiary/aromatic N) is 3. The molecule has 0 spiro atoms. The summed E-state index contributed by atoms with van der Waals surface area (Å²) >= 11 is 0. The summed E-state index contributed by atoms with van der Waals surface area (Å²) in [6, 6.07) is 0. The van der Waals surface area contributed by atoms with E-state index in [-0.39, 0.29) is 11.8 Å². The summed E-state index contributed by atoms with van der Waals surface area (Å²) < 4.78 is 5.16. The molecular weight excluding hydrogens is 310 g/mol. The van der Waals surface area contributed by atoms with Crippen molar-refractivity contribution in [1.82, 2.24) is 15.0 Å². The monoisotopic (exact) mass is 337 g/mol. The molecule has 134 valence electrons. The summed E-state index contributed by atoms with van der Waals surface area (Å²) in [6.45, 7) is 6.70. The molecule has 0 aromatic carbocycles. The molecule has 0 radical (unpaired) electrons. The number of hydrogen-bond donors (Lipinski definition) is 1. The van der Waals surface area contributed by atoms with Gasteiger partial charge in [-0.3, -0.25) is 9.59 Å². The summed E-state index contributed by atoms with van der Waals surface area (Å²) in [5.41, 5.74) is -0.808. The molecule has 1 aliphatic rings. The van der Waals surface area contributed by atoms with Gasteiger partial charge in [-0.1, -0.05) is 25.9 Å². The van der Waals surface area contributed by atoms with E-state index >= 15 is 0 Å². The Balaban J connectivity index is 1.82. The minimum Gasteiger partial charge on any atom is -0.481 e. The largest absolute Gasteiger partial charge is 0.481 e. The Hall–Kier alpha value is -1.92. The Morgan fingerprint density at radius 1 is 1.38 bits per heavy atom. The summed E-state index contributed by atoms with van der Waals surface area (Å²) in [4.78, 5) is 29.9. The second kappa shape index (κ2) is 7.77. The van der Waals surface area contributed by atoms with Gasteiger partial charge in [0.15, 0.2) is 5.82 Å². The van der Waals surface area contributed by atoms with Gasteiger partial charge in [0.2, 0.25) is 11.8 Å². The van der Waals surface area contributed by atoms with Crippen molar-refractivity contribution in [2.24, 2.45) is 11.3 Å². The summed E-state index contributed by atoms with van der Waals surface area (Å²) in [5, 5.41) is 13.4. The number of carboxylic acids is 1. The number of rotatable bonds is 8. The van der Waals surface area contributed by atoms with Crippen LogP contribution >= 0.6 is 0 Å². The molecule has 2 rings (SSSR count). The van der Waals surface area contributed by atoms with E-state index in [1.807, 2.05) is 13.8 Å². The summed E-state index contributed by atoms with van der Waals surface area (Å²) in [6.07, 6.45) is 3.86. The zero-order chi connectivity index (χ0) is 17.7. The molecule has 0 saturated carbocycles. The van der Waals surface area contributed by atoms with Crippen LogP contribution in [0.5, 0.6) is 0 Å². The molecule has 1 N–H and O–H groups in total. The first-order valence-corrected chi connectivity index (χ1v) is 8.71. The normalized spacial score (nSPS) is 20.8. The molecule has 2 heterocycles. The number of aromatic nitrogens is 2. The van der Waals surface area contributed by atoms with Crippen LogP contribution in [0, 0.1) is 11.3 Å². The molecule has 1 fully saturated rings. The molecule has 0 aliphatic carbocycles. The number of hydrogen-bond acceptors (Lipinski definition) is 5. The lowest BCUT2D eigenvalue weighted by molar-refractivity contribution is -0.151. The second-order valence-electron chi connectivity index (χ2n) is 6.89. The fourth-order valence-electron chi connectivity index (χ4n) is 3.20. The Bertz CT molecular complexity index is 584. The van der Waals surface area contributed by atoms with Crippen LogP contribution in [-0.2, 0) is 22.4 Å². The Morgan fingerprint density at radius 3 is 2.71 bits per heavy atom. The standard InChI is InChI=1S/C17H27N3O4/c1-4-6-13-18-14(24-19-13)7-5-8-15(21)20-10-9-17(11-20,12(2)3)16(22)23/h12H,4-11H2,1-3H3,(H,22,23). The highest BCUT2D eigenvalue weighted by molar-refractivity contribution is 5.80. The maximum atomic E-state index is 12.3. The molecule has 7 heteroatoms. The van der Waals surface area contributed by atoms with E-state index < -0.39 is 11.4 Å². The number of carbonyl (C=O) groups excluding carboxylic acids is 1. The van der Waals surface area contributed by atoms with Crippen molar-refractivity contribution in [3.05, 3.63) is 11.7 Å². The Labute approximate surface area is 142 Å². The number of carboxylic acid groups (broad SMARTS) is 1. The number of carbonyl (C=O) groups is 2. The van der Waals surface area contributed by atoms with E-state index in [1.165, 1.54) is 0 Å². The van der Waals surface area contributed by atoms with Crippen LogP contribution in [0.1, 0.15) is 58.2 Å². The second-order valence-corrected chi connectivity index (χ2v) is 6.89. The molecule has 0 bridgehead atoms. The summed E-state index contributed by atoms with van der Waals surface area (Å²) in [5.74, 6) is 0.480. The first-order valence-electron chi connectivity index (χ1n) is 8.71. The lowest BCUT2D eigenvalue weighted by atomic mass is 9.76. The third-order valence-corrected chi connectivity index (χ3v) is 4.95. The number of aryl methyl sites for hydroxylation is 2. The molecule has 7 nitrogen and oxygen atoms in total. The van der Waals surface area contributed by atoms with Gasteiger partial charge in [0.1, 0.15) is 0 Å². The van der Waals surface area contributed by atoms with E-state index in [0.717, 1.165) is 12.8 Å². The molecule has 1 amide bonds. The van der Waals surface area contributed by atoms with Gasteiger partial charge >= 0.3 is 5.97 Å². The van der Waals surface area contributed by atoms with Crippen molar-refractivity contribution in [1.29, 1.82) is 0 Å². The predicted octanol–water partition coefficient (Wildman–Crippen LogP) is 2.30. The predicted molar refractivity (Wildman–Crippen MR) is 87.3 cm³/mol. The van der Waals surface area contributed by atoms with Gasteiger partial charge in [-0.2, -0.15) is 4.98 Å². The maximum Gasteiger partial charge on any atom is 0.311 e. The SMILES string of the molecule is CCCc1noc(CCCC(=O)N2CCC(C(=O)O)(C(C)C)C2)n1. The fraction of sp³-hybridized carbons (Fsp3) is 0.765. The van der Waals surface area contributed by atoms with Gasteiger partial charge in [-0.25, -0.2) is 0 Å². The average molecular weight is 337 g/mol. The highest BCUT2D eigenvalue weighted by atomic mass is 16.5. The van der Waals surface area contributed by atoms with Gasteiger partial charge in [-0.15, -0.1) is 0 Å². The van der Waals surface area contributed by atoms with E-state index in [4.69, 9.17) is 4.52 Å². The minimum atomic E-state index is -0.808. The van der Waals surface area contributed by atoms with Crippen molar-refractivity contribution in [3.63, 3.8) is 0 Å². The van der Waals surface area contributed by atoms with Gasteiger partial charge in [-0.05, 0) is 25.2 Å². The molecule has 1 aliphatic heterocycles. The van der Waals surface area contributed by atoms with Gasteiger partial charge in [0.05, 0.1) is 5.41 Å². The maximum absolute atomic E-state index is 12.3. The molecule has 1 atom stereocenters. The van der Waals surface area contributed by atoms with E-state index in [1.54, 1.807) is 4.90 Å². The van der Waals surface area contributed by atoms with E-state index in [0.29, 0.717) is 50.5 Å². The van der Waals surface area contributed by atoms with Gasteiger partial charge < -0.3 is 14.5 Å². The van der Waals surface area contributed by atoms with Crippen LogP contribution in [0.4, 0.5) is 0 Å². The minimum absolute atomic E-state index is 0.00294. The Kier molecular flexibility index (Phi) is 5.96. The van der Waals surface area contributed by atoms with Crippen LogP contribution < -0.4 is 0 Å². The lowest BCUT2D eigenvalue weighted by Crippen LogP contribution is -2.40. The van der Waals surface area contributed by atoms with Crippen molar-refractivity contribution < 1.29 is 19.2 Å². The molecule has 1 aromatic rings. The fourth-order valence-corrected chi connectivity index (χ4v) is 3.20. The van der Waals surface area contributed by atoms with Crippen LogP contribution in [-0.4, -0.2) is 45.1 Å². The first-order chi connectivity index (χ1) is 11.4. The van der Waals surface area contributed by atoms with Crippen LogP contribution in [0.15, 0.2) is 4.52 Å². The summed E-state index contributed by atoms with van der Waals surface area (Å²) in [7, 11) is 0. The van der Waals surface area contributed by atoms with Gasteiger partial charge in [0.25, 0.3) is 0 Å². The smallest absolute Gasteiger partial charge is 0.311 e. The highest BCUT2D eigenvalue weighted by Crippen LogP contribution is 2.38. The Morgan fingerprint density at radius 2 is 2.12 bits per heavy atom. The molecule has 1 aromatic heterocycles. The third kappa shape index (κ3) is 3.94. The molecule has 1 unspecified atom stereocenters. The van der Waals surface area contributed by atoms with E-state index in [2.05, 4.69) is 17.1 Å². The topological polar surface area (TPSA) is 96.5 Å². The van der Waals surface area contributed by atoms with Crippen LogP contribution in [0.25, 0.3) is 0 Å². The number of likely N-dealkylation sites (tertiary alicyclic amines) is 1. The number of aliphatic carboxylic acids is 1. The lowest BCUT2D eigenvalue weighted by Gasteiger charge is -2.28. The quantitative estimate of drug-likeness (QED) is 0.782. The van der Waals surface area contributed by atoms with Crippen molar-refractivity contribution in [3.8, 4) is 0 Å². The molecular formula is C17H27N3O4.